The third kappa shape index (κ3) is 5.49. The van der Waals surface area contributed by atoms with Gasteiger partial charge in [-0.2, -0.15) is 0 Å². The van der Waals surface area contributed by atoms with Gasteiger partial charge in [-0.15, -0.1) is 0 Å². The molecule has 0 bridgehead atoms. The van der Waals surface area contributed by atoms with E-state index in [1.54, 1.807) is 6.92 Å². The van der Waals surface area contributed by atoms with Gasteiger partial charge in [0.05, 0.1) is 26.4 Å². The van der Waals surface area contributed by atoms with Crippen molar-refractivity contribution in [2.75, 3.05) is 33.0 Å². The summed E-state index contributed by atoms with van der Waals surface area (Å²) in [5.41, 5.74) is 0. The summed E-state index contributed by atoms with van der Waals surface area (Å²) < 4.78 is 15.1. The van der Waals surface area contributed by atoms with Crippen molar-refractivity contribution in [1.82, 2.24) is 0 Å². The molecule has 0 aromatic carbocycles. The van der Waals surface area contributed by atoms with Gasteiger partial charge in [0.2, 0.25) is 0 Å². The number of rotatable bonds is 4. The van der Waals surface area contributed by atoms with Gasteiger partial charge in [0.25, 0.3) is 0 Å². The Hall–Kier alpha value is -0.160. The van der Waals surface area contributed by atoms with Crippen molar-refractivity contribution in [3.8, 4) is 0 Å². The molecule has 0 aliphatic carbocycles. The molecule has 0 spiro atoms. The average molecular weight is 176 g/mol. The summed E-state index contributed by atoms with van der Waals surface area (Å²) in [6.45, 7) is 5.19. The Morgan fingerprint density at radius 2 is 1.58 bits per heavy atom. The Morgan fingerprint density at radius 3 is 1.83 bits per heavy atom. The van der Waals surface area contributed by atoms with E-state index in [9.17, 15) is 0 Å². The van der Waals surface area contributed by atoms with Gasteiger partial charge in [-0.3, -0.25) is 0 Å². The Kier molecular flexibility index (Phi) is 4.53. The van der Waals surface area contributed by atoms with Gasteiger partial charge in [0.1, 0.15) is 12.2 Å². The Bertz CT molecular complexity index is 97.6. The largest absolute Gasteiger partial charge is 0.397 e. The van der Waals surface area contributed by atoms with Crippen LogP contribution in [0.2, 0.25) is 0 Å². The van der Waals surface area contributed by atoms with Gasteiger partial charge >= 0.3 is 0 Å². The minimum absolute atomic E-state index is 0.250. The predicted octanol–water partition coefficient (Wildman–Crippen LogP) is -0.201. The van der Waals surface area contributed by atoms with Crippen LogP contribution in [0.4, 0.5) is 0 Å². The lowest BCUT2D eigenvalue weighted by Gasteiger charge is -1.95. The van der Waals surface area contributed by atoms with Crippen molar-refractivity contribution in [2.24, 2.45) is 0 Å². The minimum atomic E-state index is 0.250. The molecule has 12 heavy (non-hydrogen) atoms. The zero-order valence-corrected chi connectivity index (χ0v) is 7.36. The molecule has 2 unspecified atom stereocenters. The molecule has 2 aliphatic rings. The van der Waals surface area contributed by atoms with Crippen molar-refractivity contribution in [2.45, 2.75) is 19.1 Å². The summed E-state index contributed by atoms with van der Waals surface area (Å²) in [4.78, 5) is 0. The van der Waals surface area contributed by atoms with Gasteiger partial charge in [0.15, 0.2) is 0 Å². The lowest BCUT2D eigenvalue weighted by Crippen LogP contribution is -2.06. The molecule has 0 aromatic heterocycles. The predicted molar refractivity (Wildman–Crippen MR) is 43.1 cm³/mol. The van der Waals surface area contributed by atoms with Crippen LogP contribution in [0.3, 0.4) is 0 Å². The minimum Gasteiger partial charge on any atom is -0.397 e. The summed E-state index contributed by atoms with van der Waals surface area (Å²) in [5.74, 6) is 0. The highest BCUT2D eigenvalue weighted by molar-refractivity contribution is 4.71. The van der Waals surface area contributed by atoms with E-state index in [1.807, 2.05) is 0 Å². The van der Waals surface area contributed by atoms with Gasteiger partial charge in [0, 0.05) is 6.61 Å². The first kappa shape index (κ1) is 9.92. The Labute approximate surface area is 72.4 Å². The Balaban J connectivity index is 0.000000213. The Morgan fingerprint density at radius 1 is 1.25 bits per heavy atom. The van der Waals surface area contributed by atoms with Crippen LogP contribution in [0.1, 0.15) is 6.92 Å². The maximum Gasteiger partial charge on any atom is 0.104 e. The third-order valence-electron chi connectivity index (χ3n) is 1.41. The second-order valence-corrected chi connectivity index (χ2v) is 2.76. The van der Waals surface area contributed by atoms with Crippen molar-refractivity contribution in [3.05, 3.63) is 0 Å². The van der Waals surface area contributed by atoms with Crippen LogP contribution in [0.25, 0.3) is 0 Å². The summed E-state index contributed by atoms with van der Waals surface area (Å²) in [6, 6.07) is 0. The highest BCUT2D eigenvalue weighted by Crippen LogP contribution is 2.12. The number of hydrogen-bond acceptors (Lipinski definition) is 4. The fourth-order valence-corrected chi connectivity index (χ4v) is 0.659. The fourth-order valence-electron chi connectivity index (χ4n) is 0.659. The van der Waals surface area contributed by atoms with E-state index in [0.717, 1.165) is 26.4 Å². The van der Waals surface area contributed by atoms with Crippen LogP contribution in [0.5, 0.6) is 0 Å². The fraction of sp³-hybridized carbons (Fsp3) is 1.00. The molecule has 2 heterocycles. The van der Waals surface area contributed by atoms with E-state index in [2.05, 4.69) is 0 Å². The second kappa shape index (κ2) is 5.48. The molecule has 2 atom stereocenters. The molecule has 2 saturated heterocycles. The zero-order valence-electron chi connectivity index (χ0n) is 7.36. The van der Waals surface area contributed by atoms with Crippen LogP contribution in [-0.4, -0.2) is 50.3 Å². The van der Waals surface area contributed by atoms with E-state index in [0.29, 0.717) is 12.2 Å². The van der Waals surface area contributed by atoms with Crippen LogP contribution in [0.15, 0.2) is 0 Å². The molecule has 2 fully saturated rings. The molecule has 72 valence electrons. The first-order chi connectivity index (χ1) is 5.86. The van der Waals surface area contributed by atoms with Crippen LogP contribution in [0, 0.1) is 0 Å². The van der Waals surface area contributed by atoms with Crippen molar-refractivity contribution in [1.29, 1.82) is 0 Å². The summed E-state index contributed by atoms with van der Waals surface area (Å²) in [7, 11) is 0. The van der Waals surface area contributed by atoms with Gasteiger partial charge < -0.3 is 19.3 Å². The normalized spacial score (nSPS) is 30.5. The van der Waals surface area contributed by atoms with Crippen LogP contribution < -0.4 is 0 Å². The topological polar surface area (TPSA) is 54.5 Å². The number of ether oxygens (including phenoxy) is 3. The van der Waals surface area contributed by atoms with E-state index < -0.39 is 0 Å². The smallest absolute Gasteiger partial charge is 0.104 e. The average Bonchev–Trinajstić information content (AvgIpc) is 2.82. The molecular formula is C8H16O4. The molecule has 2 rings (SSSR count). The quantitative estimate of drug-likeness (QED) is 0.603. The van der Waals surface area contributed by atoms with Crippen molar-refractivity contribution < 1.29 is 19.3 Å². The number of aliphatic hydroxyl groups is 1. The van der Waals surface area contributed by atoms with E-state index in [-0.39, 0.29) is 6.61 Å². The summed E-state index contributed by atoms with van der Waals surface area (Å²) >= 11 is 0. The maximum absolute atomic E-state index is 7.57. The monoisotopic (exact) mass is 176 g/mol. The third-order valence-corrected chi connectivity index (χ3v) is 1.41. The van der Waals surface area contributed by atoms with Gasteiger partial charge in [-0.05, 0) is 6.92 Å². The highest BCUT2D eigenvalue weighted by Gasteiger charge is 2.26. The van der Waals surface area contributed by atoms with Crippen molar-refractivity contribution in [3.63, 3.8) is 0 Å². The van der Waals surface area contributed by atoms with E-state index >= 15 is 0 Å². The number of hydrogen-bond donors (Lipinski definition) is 1. The molecule has 0 saturated carbocycles. The molecule has 0 aromatic rings. The van der Waals surface area contributed by atoms with Crippen LogP contribution in [-0.2, 0) is 14.2 Å². The number of aliphatic hydroxyl groups excluding tert-OH is 1. The first-order valence-electron chi connectivity index (χ1n) is 4.28. The SMILES string of the molecule is C(OCC1CO1)C1CO1.CCO. The first-order valence-corrected chi connectivity index (χ1v) is 4.28. The lowest BCUT2D eigenvalue weighted by molar-refractivity contribution is 0.102. The zero-order chi connectivity index (χ0) is 8.81. The molecule has 4 heteroatoms. The standard InChI is InChI=1S/C6H10O3.C2H6O/c1(5-3-8-5)7-2-6-4-9-6;1-2-3/h5-6H,1-4H2;3H,2H2,1H3. The molecule has 0 radical (unpaired) electrons. The van der Waals surface area contributed by atoms with E-state index in [1.165, 1.54) is 0 Å². The summed E-state index contributed by atoms with van der Waals surface area (Å²) in [5, 5.41) is 7.57. The summed E-state index contributed by atoms with van der Waals surface area (Å²) in [6.07, 6.45) is 0.785. The molecule has 0 amide bonds. The van der Waals surface area contributed by atoms with Gasteiger partial charge in [-0.25, -0.2) is 0 Å². The van der Waals surface area contributed by atoms with E-state index in [4.69, 9.17) is 19.3 Å². The molecular weight excluding hydrogens is 160 g/mol. The molecule has 1 N–H and O–H groups in total. The maximum atomic E-state index is 7.57. The molecule has 2 aliphatic heterocycles. The lowest BCUT2D eigenvalue weighted by atomic mass is 10.5. The number of epoxide rings is 2. The second-order valence-electron chi connectivity index (χ2n) is 2.76. The molecule has 4 nitrogen and oxygen atoms in total. The van der Waals surface area contributed by atoms with Crippen molar-refractivity contribution >= 4 is 0 Å². The van der Waals surface area contributed by atoms with Gasteiger partial charge in [-0.1, -0.05) is 0 Å². The van der Waals surface area contributed by atoms with Crippen LogP contribution >= 0.6 is 0 Å². The highest BCUT2D eigenvalue weighted by atomic mass is 16.6.